The van der Waals surface area contributed by atoms with Gasteiger partial charge in [-0.05, 0) is 48.2 Å². The summed E-state index contributed by atoms with van der Waals surface area (Å²) in [5.41, 5.74) is 1.99. The maximum absolute atomic E-state index is 9.86. The lowest BCUT2D eigenvalue weighted by Crippen LogP contribution is -1.96. The number of phenols is 1. The Balaban J connectivity index is 1.98. The molecule has 2 rings (SSSR count). The maximum atomic E-state index is 9.86. The first-order chi connectivity index (χ1) is 12.2. The minimum absolute atomic E-state index is 0.216. The molecule has 0 spiro atoms. The van der Waals surface area contributed by atoms with Gasteiger partial charge < -0.3 is 14.6 Å². The van der Waals surface area contributed by atoms with E-state index >= 15 is 0 Å². The van der Waals surface area contributed by atoms with Crippen molar-refractivity contribution in [3.63, 3.8) is 0 Å². The van der Waals surface area contributed by atoms with Gasteiger partial charge in [0.15, 0.2) is 0 Å². The van der Waals surface area contributed by atoms with Crippen LogP contribution in [0.1, 0.15) is 50.7 Å². The highest BCUT2D eigenvalue weighted by Crippen LogP contribution is 2.24. The SMILES string of the molecule is CCCCOc1ccc(/C=C/c2cc(O)cc(OCCCC)c2)cc1. The van der Waals surface area contributed by atoms with Crippen LogP contribution in [-0.2, 0) is 0 Å². The van der Waals surface area contributed by atoms with E-state index in [0.717, 1.165) is 49.2 Å². The molecule has 0 aliphatic heterocycles. The maximum Gasteiger partial charge on any atom is 0.123 e. The Morgan fingerprint density at radius 3 is 2.00 bits per heavy atom. The first kappa shape index (κ1) is 18.9. The molecule has 0 heterocycles. The first-order valence-corrected chi connectivity index (χ1v) is 9.09. The van der Waals surface area contributed by atoms with Gasteiger partial charge in [0.25, 0.3) is 0 Å². The van der Waals surface area contributed by atoms with Crippen LogP contribution in [0.5, 0.6) is 17.2 Å². The second-order valence-electron chi connectivity index (χ2n) is 6.07. The van der Waals surface area contributed by atoms with Gasteiger partial charge in [0.2, 0.25) is 0 Å². The Morgan fingerprint density at radius 2 is 1.36 bits per heavy atom. The van der Waals surface area contributed by atoms with Crippen LogP contribution in [0, 0.1) is 0 Å². The minimum atomic E-state index is 0.216. The lowest BCUT2D eigenvalue weighted by Gasteiger charge is -2.07. The van der Waals surface area contributed by atoms with Crippen molar-refractivity contribution in [3.8, 4) is 17.2 Å². The molecule has 25 heavy (non-hydrogen) atoms. The predicted molar refractivity (Wildman–Crippen MR) is 104 cm³/mol. The molecular weight excluding hydrogens is 312 g/mol. The lowest BCUT2D eigenvalue weighted by molar-refractivity contribution is 0.307. The molecule has 1 N–H and O–H groups in total. The van der Waals surface area contributed by atoms with E-state index in [9.17, 15) is 5.11 Å². The quantitative estimate of drug-likeness (QED) is 0.431. The van der Waals surface area contributed by atoms with Crippen LogP contribution in [-0.4, -0.2) is 18.3 Å². The van der Waals surface area contributed by atoms with E-state index in [2.05, 4.69) is 13.8 Å². The molecule has 134 valence electrons. The van der Waals surface area contributed by atoms with Gasteiger partial charge in [-0.2, -0.15) is 0 Å². The van der Waals surface area contributed by atoms with Gasteiger partial charge in [-0.3, -0.25) is 0 Å². The number of aromatic hydroxyl groups is 1. The smallest absolute Gasteiger partial charge is 0.123 e. The van der Waals surface area contributed by atoms with Gasteiger partial charge in [-0.25, -0.2) is 0 Å². The average Bonchev–Trinajstić information content (AvgIpc) is 2.61. The summed E-state index contributed by atoms with van der Waals surface area (Å²) in [5.74, 6) is 1.82. The Bertz CT molecular complexity index is 659. The molecule has 0 fully saturated rings. The zero-order valence-electron chi connectivity index (χ0n) is 15.2. The second-order valence-corrected chi connectivity index (χ2v) is 6.07. The largest absolute Gasteiger partial charge is 0.508 e. The Kier molecular flexibility index (Phi) is 7.90. The van der Waals surface area contributed by atoms with E-state index in [4.69, 9.17) is 9.47 Å². The Labute approximate surface area is 150 Å². The molecule has 0 atom stereocenters. The van der Waals surface area contributed by atoms with E-state index in [0.29, 0.717) is 12.4 Å². The normalized spacial score (nSPS) is 11.0. The Morgan fingerprint density at radius 1 is 0.760 bits per heavy atom. The summed E-state index contributed by atoms with van der Waals surface area (Å²) in [6.07, 6.45) is 8.29. The third-order valence-corrected chi connectivity index (χ3v) is 3.80. The van der Waals surface area contributed by atoms with Crippen LogP contribution >= 0.6 is 0 Å². The predicted octanol–water partition coefficient (Wildman–Crippen LogP) is 5.92. The van der Waals surface area contributed by atoms with E-state index in [1.807, 2.05) is 42.5 Å². The summed E-state index contributed by atoms with van der Waals surface area (Å²) in [7, 11) is 0. The van der Waals surface area contributed by atoms with Crippen molar-refractivity contribution in [3.05, 3.63) is 53.6 Å². The van der Waals surface area contributed by atoms with Crippen LogP contribution in [0.3, 0.4) is 0 Å². The summed E-state index contributed by atoms with van der Waals surface area (Å²) in [4.78, 5) is 0. The van der Waals surface area contributed by atoms with Crippen molar-refractivity contribution in [1.29, 1.82) is 0 Å². The zero-order valence-corrected chi connectivity index (χ0v) is 15.2. The van der Waals surface area contributed by atoms with Crippen molar-refractivity contribution in [2.75, 3.05) is 13.2 Å². The molecule has 0 unspecified atom stereocenters. The van der Waals surface area contributed by atoms with Crippen LogP contribution in [0.2, 0.25) is 0 Å². The number of hydrogen-bond acceptors (Lipinski definition) is 3. The van der Waals surface area contributed by atoms with E-state index in [1.165, 1.54) is 0 Å². The topological polar surface area (TPSA) is 38.7 Å². The third kappa shape index (κ3) is 6.92. The number of ether oxygens (including phenoxy) is 2. The highest BCUT2D eigenvalue weighted by molar-refractivity contribution is 5.71. The van der Waals surface area contributed by atoms with Crippen molar-refractivity contribution < 1.29 is 14.6 Å². The fourth-order valence-electron chi connectivity index (χ4n) is 2.32. The molecule has 0 aliphatic carbocycles. The van der Waals surface area contributed by atoms with Crippen LogP contribution in [0.4, 0.5) is 0 Å². The summed E-state index contributed by atoms with van der Waals surface area (Å²) < 4.78 is 11.3. The number of benzene rings is 2. The molecule has 0 saturated carbocycles. The molecule has 0 aliphatic rings. The molecule has 0 amide bonds. The standard InChI is InChI=1S/C22H28O3/c1-3-5-13-24-21-11-9-18(10-12-21)7-8-19-15-20(23)17-22(16-19)25-14-6-4-2/h7-12,15-17,23H,3-6,13-14H2,1-2H3/b8-7+. The van der Waals surface area contributed by atoms with Crippen LogP contribution in [0.15, 0.2) is 42.5 Å². The highest BCUT2D eigenvalue weighted by atomic mass is 16.5. The lowest BCUT2D eigenvalue weighted by atomic mass is 10.1. The fraction of sp³-hybridized carbons (Fsp3) is 0.364. The van der Waals surface area contributed by atoms with Gasteiger partial charge in [0.1, 0.15) is 17.2 Å². The number of unbranched alkanes of at least 4 members (excludes halogenated alkanes) is 2. The van der Waals surface area contributed by atoms with Crippen molar-refractivity contribution in [1.82, 2.24) is 0 Å². The van der Waals surface area contributed by atoms with Crippen LogP contribution < -0.4 is 9.47 Å². The summed E-state index contributed by atoms with van der Waals surface area (Å²) >= 11 is 0. The van der Waals surface area contributed by atoms with Gasteiger partial charge in [0.05, 0.1) is 13.2 Å². The van der Waals surface area contributed by atoms with Crippen LogP contribution in [0.25, 0.3) is 12.2 Å². The molecule has 0 aromatic heterocycles. The fourth-order valence-corrected chi connectivity index (χ4v) is 2.32. The minimum Gasteiger partial charge on any atom is -0.508 e. The zero-order chi connectivity index (χ0) is 17.9. The first-order valence-electron chi connectivity index (χ1n) is 9.09. The van der Waals surface area contributed by atoms with Gasteiger partial charge in [-0.15, -0.1) is 0 Å². The molecule has 2 aromatic rings. The van der Waals surface area contributed by atoms with E-state index in [-0.39, 0.29) is 5.75 Å². The van der Waals surface area contributed by atoms with E-state index in [1.54, 1.807) is 12.1 Å². The Hall–Kier alpha value is -2.42. The highest BCUT2D eigenvalue weighted by Gasteiger charge is 2.00. The summed E-state index contributed by atoms with van der Waals surface area (Å²) in [5, 5.41) is 9.86. The van der Waals surface area contributed by atoms with Gasteiger partial charge in [0, 0.05) is 6.07 Å². The molecule has 3 nitrogen and oxygen atoms in total. The number of hydrogen-bond donors (Lipinski definition) is 1. The summed E-state index contributed by atoms with van der Waals surface area (Å²) in [6.45, 7) is 5.71. The second kappa shape index (κ2) is 10.4. The van der Waals surface area contributed by atoms with Crippen molar-refractivity contribution in [2.24, 2.45) is 0 Å². The third-order valence-electron chi connectivity index (χ3n) is 3.80. The van der Waals surface area contributed by atoms with E-state index < -0.39 is 0 Å². The molecule has 3 heteroatoms. The van der Waals surface area contributed by atoms with Crippen molar-refractivity contribution >= 4 is 12.2 Å². The monoisotopic (exact) mass is 340 g/mol. The summed E-state index contributed by atoms with van der Waals surface area (Å²) in [6, 6.07) is 13.3. The number of rotatable bonds is 10. The molecule has 0 radical (unpaired) electrons. The van der Waals surface area contributed by atoms with Gasteiger partial charge in [-0.1, -0.05) is 51.0 Å². The molecule has 0 bridgehead atoms. The van der Waals surface area contributed by atoms with Crippen molar-refractivity contribution in [2.45, 2.75) is 39.5 Å². The average molecular weight is 340 g/mol. The van der Waals surface area contributed by atoms with Gasteiger partial charge >= 0.3 is 0 Å². The number of phenolic OH excluding ortho intramolecular Hbond substituents is 1. The molecule has 0 saturated heterocycles. The molecule has 2 aromatic carbocycles. The molecular formula is C22H28O3.